The predicted molar refractivity (Wildman–Crippen MR) is 76.9 cm³/mol. The maximum Gasteiger partial charge on any atom is 0.228 e. The highest BCUT2D eigenvalue weighted by molar-refractivity contribution is 7.99. The van der Waals surface area contributed by atoms with Crippen LogP contribution in [0.2, 0.25) is 0 Å². The molecular formula is C14H20N2OS. The molecule has 0 saturated heterocycles. The molecule has 18 heavy (non-hydrogen) atoms. The lowest BCUT2D eigenvalue weighted by Crippen LogP contribution is -2.40. The average molecular weight is 264 g/mol. The van der Waals surface area contributed by atoms with Crippen LogP contribution in [-0.4, -0.2) is 24.2 Å². The van der Waals surface area contributed by atoms with Gasteiger partial charge in [-0.15, -0.1) is 11.8 Å². The monoisotopic (exact) mass is 264 g/mol. The van der Waals surface area contributed by atoms with Crippen LogP contribution in [0.15, 0.2) is 29.2 Å². The predicted octanol–water partition coefficient (Wildman–Crippen LogP) is 2.50. The van der Waals surface area contributed by atoms with Gasteiger partial charge < -0.3 is 10.6 Å². The van der Waals surface area contributed by atoms with Crippen molar-refractivity contribution in [1.82, 2.24) is 0 Å². The summed E-state index contributed by atoms with van der Waals surface area (Å²) in [5, 5.41) is 0. The van der Waals surface area contributed by atoms with Crippen molar-refractivity contribution in [2.75, 3.05) is 17.2 Å². The fourth-order valence-corrected chi connectivity index (χ4v) is 2.97. The first kappa shape index (κ1) is 13.4. The molecule has 4 heteroatoms. The van der Waals surface area contributed by atoms with E-state index in [1.54, 1.807) is 0 Å². The molecule has 1 aromatic rings. The molecular weight excluding hydrogens is 244 g/mol. The number of benzene rings is 1. The molecule has 98 valence electrons. The third kappa shape index (κ3) is 2.87. The molecule has 0 aliphatic carbocycles. The Labute approximate surface area is 113 Å². The fourth-order valence-electron chi connectivity index (χ4n) is 1.98. The van der Waals surface area contributed by atoms with Crippen molar-refractivity contribution in [3.8, 4) is 0 Å². The second-order valence-electron chi connectivity index (χ2n) is 4.97. The molecule has 1 unspecified atom stereocenters. The van der Waals surface area contributed by atoms with E-state index in [2.05, 4.69) is 19.9 Å². The van der Waals surface area contributed by atoms with Gasteiger partial charge in [-0.05, 0) is 18.1 Å². The second-order valence-corrected chi connectivity index (χ2v) is 6.11. The SMILES string of the molecule is CC(C)C(N)CC(=O)N1CCSc2ccccc21. The summed E-state index contributed by atoms with van der Waals surface area (Å²) >= 11 is 1.81. The Morgan fingerprint density at radius 3 is 2.89 bits per heavy atom. The zero-order chi connectivity index (χ0) is 13.1. The van der Waals surface area contributed by atoms with Gasteiger partial charge in [0.25, 0.3) is 0 Å². The quantitative estimate of drug-likeness (QED) is 0.912. The number of thioether (sulfide) groups is 1. The molecule has 2 rings (SSSR count). The van der Waals surface area contributed by atoms with Gasteiger partial charge >= 0.3 is 0 Å². The summed E-state index contributed by atoms with van der Waals surface area (Å²) < 4.78 is 0. The number of hydrogen-bond donors (Lipinski definition) is 1. The summed E-state index contributed by atoms with van der Waals surface area (Å²) in [7, 11) is 0. The molecule has 0 radical (unpaired) electrons. The largest absolute Gasteiger partial charge is 0.327 e. The average Bonchev–Trinajstić information content (AvgIpc) is 2.37. The standard InChI is InChI=1S/C14H20N2OS/c1-10(2)11(15)9-14(17)16-7-8-18-13-6-4-3-5-12(13)16/h3-6,10-11H,7-9,15H2,1-2H3. The van der Waals surface area contributed by atoms with Crippen molar-refractivity contribution in [3.63, 3.8) is 0 Å². The van der Waals surface area contributed by atoms with E-state index >= 15 is 0 Å². The lowest BCUT2D eigenvalue weighted by molar-refractivity contribution is -0.119. The summed E-state index contributed by atoms with van der Waals surface area (Å²) in [4.78, 5) is 15.4. The molecule has 1 aliphatic rings. The van der Waals surface area contributed by atoms with Gasteiger partial charge in [0.2, 0.25) is 5.91 Å². The number of hydrogen-bond acceptors (Lipinski definition) is 3. The molecule has 0 spiro atoms. The van der Waals surface area contributed by atoms with Gasteiger partial charge in [0.1, 0.15) is 0 Å². The summed E-state index contributed by atoms with van der Waals surface area (Å²) in [6.45, 7) is 4.89. The number of fused-ring (bicyclic) bond motifs is 1. The van der Waals surface area contributed by atoms with Crippen LogP contribution in [-0.2, 0) is 4.79 Å². The van der Waals surface area contributed by atoms with Crippen LogP contribution in [0.5, 0.6) is 0 Å². The minimum atomic E-state index is -0.0563. The topological polar surface area (TPSA) is 46.3 Å². The third-order valence-corrected chi connectivity index (χ3v) is 4.34. The number of carbonyl (C=O) groups excluding carboxylic acids is 1. The van der Waals surface area contributed by atoms with E-state index in [0.717, 1.165) is 18.0 Å². The zero-order valence-corrected chi connectivity index (χ0v) is 11.7. The number of amides is 1. The van der Waals surface area contributed by atoms with Gasteiger partial charge in [-0.1, -0.05) is 26.0 Å². The van der Waals surface area contributed by atoms with Gasteiger partial charge in [0.15, 0.2) is 0 Å². The fraction of sp³-hybridized carbons (Fsp3) is 0.500. The third-order valence-electron chi connectivity index (χ3n) is 3.30. The molecule has 1 heterocycles. The highest BCUT2D eigenvalue weighted by atomic mass is 32.2. The van der Waals surface area contributed by atoms with Crippen LogP contribution in [0, 0.1) is 5.92 Å². The van der Waals surface area contributed by atoms with Crippen LogP contribution in [0.25, 0.3) is 0 Å². The zero-order valence-electron chi connectivity index (χ0n) is 10.9. The van der Waals surface area contributed by atoms with E-state index in [0.29, 0.717) is 12.3 Å². The molecule has 0 fully saturated rings. The maximum atomic E-state index is 12.3. The normalized spacial score (nSPS) is 16.6. The van der Waals surface area contributed by atoms with Gasteiger partial charge in [-0.3, -0.25) is 4.79 Å². The van der Waals surface area contributed by atoms with Crippen LogP contribution in [0.1, 0.15) is 20.3 Å². The van der Waals surface area contributed by atoms with Crippen molar-refractivity contribution in [1.29, 1.82) is 0 Å². The van der Waals surface area contributed by atoms with Crippen molar-refractivity contribution in [2.45, 2.75) is 31.2 Å². The lowest BCUT2D eigenvalue weighted by Gasteiger charge is -2.30. The first-order valence-corrected chi connectivity index (χ1v) is 7.36. The van der Waals surface area contributed by atoms with Crippen LogP contribution in [0.4, 0.5) is 5.69 Å². The van der Waals surface area contributed by atoms with Crippen LogP contribution in [0.3, 0.4) is 0 Å². The van der Waals surface area contributed by atoms with E-state index in [9.17, 15) is 4.79 Å². The number of nitrogens with zero attached hydrogens (tertiary/aromatic N) is 1. The lowest BCUT2D eigenvalue weighted by atomic mass is 10.0. The van der Waals surface area contributed by atoms with Crippen LogP contribution < -0.4 is 10.6 Å². The Hall–Kier alpha value is -1.00. The minimum Gasteiger partial charge on any atom is -0.327 e. The Morgan fingerprint density at radius 1 is 1.44 bits per heavy atom. The van der Waals surface area contributed by atoms with Crippen LogP contribution >= 0.6 is 11.8 Å². The van der Waals surface area contributed by atoms with E-state index < -0.39 is 0 Å². The van der Waals surface area contributed by atoms with E-state index in [1.807, 2.05) is 34.9 Å². The highest BCUT2D eigenvalue weighted by Crippen LogP contribution is 2.34. The highest BCUT2D eigenvalue weighted by Gasteiger charge is 2.24. The number of para-hydroxylation sites is 1. The smallest absolute Gasteiger partial charge is 0.228 e. The summed E-state index contributed by atoms with van der Waals surface area (Å²) in [5.41, 5.74) is 7.03. The Morgan fingerprint density at radius 2 is 2.17 bits per heavy atom. The molecule has 1 amide bonds. The number of anilines is 1. The molecule has 3 nitrogen and oxygen atoms in total. The minimum absolute atomic E-state index is 0.0563. The molecule has 0 saturated carbocycles. The summed E-state index contributed by atoms with van der Waals surface area (Å²) in [6, 6.07) is 8.02. The van der Waals surface area contributed by atoms with E-state index in [1.165, 1.54) is 4.90 Å². The number of carbonyl (C=O) groups is 1. The summed E-state index contributed by atoms with van der Waals surface area (Å²) in [5.74, 6) is 1.44. The first-order chi connectivity index (χ1) is 8.59. The Kier molecular flexibility index (Phi) is 4.30. The first-order valence-electron chi connectivity index (χ1n) is 6.37. The van der Waals surface area contributed by atoms with Crippen molar-refractivity contribution in [2.24, 2.45) is 11.7 Å². The molecule has 0 aromatic heterocycles. The van der Waals surface area contributed by atoms with Gasteiger partial charge in [0.05, 0.1) is 5.69 Å². The Balaban J connectivity index is 2.13. The van der Waals surface area contributed by atoms with E-state index in [-0.39, 0.29) is 11.9 Å². The van der Waals surface area contributed by atoms with Gasteiger partial charge in [0, 0.05) is 29.7 Å². The van der Waals surface area contributed by atoms with Gasteiger partial charge in [-0.25, -0.2) is 0 Å². The number of rotatable bonds is 3. The van der Waals surface area contributed by atoms with Crippen molar-refractivity contribution < 1.29 is 4.79 Å². The maximum absolute atomic E-state index is 12.3. The molecule has 1 atom stereocenters. The second kappa shape index (κ2) is 5.76. The molecule has 1 aromatic carbocycles. The van der Waals surface area contributed by atoms with Gasteiger partial charge in [-0.2, -0.15) is 0 Å². The Bertz CT molecular complexity index is 434. The molecule has 0 bridgehead atoms. The van der Waals surface area contributed by atoms with E-state index in [4.69, 9.17) is 5.73 Å². The van der Waals surface area contributed by atoms with Crippen molar-refractivity contribution in [3.05, 3.63) is 24.3 Å². The molecule has 2 N–H and O–H groups in total. The molecule has 1 aliphatic heterocycles. The summed E-state index contributed by atoms with van der Waals surface area (Å²) in [6.07, 6.45) is 0.427. The van der Waals surface area contributed by atoms with Crippen molar-refractivity contribution >= 4 is 23.4 Å². The number of nitrogens with two attached hydrogens (primary N) is 1.